The third-order valence-electron chi connectivity index (χ3n) is 4.94. The lowest BCUT2D eigenvalue weighted by Crippen LogP contribution is -2.33. The van der Waals surface area contributed by atoms with Crippen molar-refractivity contribution < 1.29 is 9.18 Å². The Balaban J connectivity index is 1.67. The maximum atomic E-state index is 14.1. The van der Waals surface area contributed by atoms with E-state index in [-0.39, 0.29) is 11.5 Å². The van der Waals surface area contributed by atoms with E-state index in [0.717, 1.165) is 30.0 Å². The molecule has 1 fully saturated rings. The molecule has 0 saturated heterocycles. The van der Waals surface area contributed by atoms with Crippen LogP contribution in [0.2, 0.25) is 0 Å². The maximum Gasteiger partial charge on any atom is 0.257 e. The molecule has 2 heterocycles. The molecule has 1 saturated carbocycles. The van der Waals surface area contributed by atoms with Crippen molar-refractivity contribution in [3.8, 4) is 0 Å². The second-order valence-electron chi connectivity index (χ2n) is 7.13. The highest BCUT2D eigenvalue weighted by atomic mass is 19.1. The number of hydrogen-bond donors (Lipinski definition) is 0. The van der Waals surface area contributed by atoms with Crippen LogP contribution in [0.15, 0.2) is 42.6 Å². The predicted molar refractivity (Wildman–Crippen MR) is 102 cm³/mol. The minimum atomic E-state index is -0.489. The number of halogens is 1. The van der Waals surface area contributed by atoms with Gasteiger partial charge in [0.05, 0.1) is 12.1 Å². The molecule has 0 N–H and O–H groups in total. The molecule has 4 rings (SSSR count). The molecule has 2 aromatic heterocycles. The lowest BCUT2D eigenvalue weighted by molar-refractivity contribution is 0.0732. The van der Waals surface area contributed by atoms with Crippen LogP contribution in [0.1, 0.15) is 42.4 Å². The van der Waals surface area contributed by atoms with E-state index in [1.54, 1.807) is 23.2 Å². The van der Waals surface area contributed by atoms with Gasteiger partial charge in [-0.25, -0.2) is 14.4 Å². The third-order valence-corrected chi connectivity index (χ3v) is 4.94. The first-order valence-corrected chi connectivity index (χ1v) is 9.51. The van der Waals surface area contributed by atoms with Crippen LogP contribution in [0.5, 0.6) is 0 Å². The van der Waals surface area contributed by atoms with Crippen molar-refractivity contribution in [2.75, 3.05) is 6.54 Å². The van der Waals surface area contributed by atoms with Gasteiger partial charge in [-0.3, -0.25) is 4.79 Å². The number of aromatic nitrogens is 3. The molecular formula is C21H23FN4O. The zero-order chi connectivity index (χ0) is 18.8. The summed E-state index contributed by atoms with van der Waals surface area (Å²) in [5.74, 6) is 0.684. The average molecular weight is 366 g/mol. The van der Waals surface area contributed by atoms with E-state index in [1.165, 1.54) is 25.0 Å². The molecule has 27 heavy (non-hydrogen) atoms. The van der Waals surface area contributed by atoms with Crippen molar-refractivity contribution in [3.63, 3.8) is 0 Å². The van der Waals surface area contributed by atoms with Gasteiger partial charge in [-0.2, -0.15) is 0 Å². The van der Waals surface area contributed by atoms with Crippen molar-refractivity contribution in [1.29, 1.82) is 0 Å². The molecule has 3 aromatic rings. The van der Waals surface area contributed by atoms with E-state index < -0.39 is 5.82 Å². The summed E-state index contributed by atoms with van der Waals surface area (Å²) in [6.45, 7) is 3.78. The van der Waals surface area contributed by atoms with Crippen molar-refractivity contribution >= 4 is 17.1 Å². The van der Waals surface area contributed by atoms with Crippen LogP contribution in [0.4, 0.5) is 4.39 Å². The van der Waals surface area contributed by atoms with Crippen molar-refractivity contribution in [2.45, 2.75) is 39.3 Å². The molecule has 0 unspecified atom stereocenters. The van der Waals surface area contributed by atoms with Crippen LogP contribution in [0.3, 0.4) is 0 Å². The van der Waals surface area contributed by atoms with Gasteiger partial charge in [0.1, 0.15) is 17.2 Å². The highest BCUT2D eigenvalue weighted by Crippen LogP contribution is 2.32. The Morgan fingerprint density at radius 1 is 1.26 bits per heavy atom. The number of carbonyl (C=O) groups is 1. The van der Waals surface area contributed by atoms with Gasteiger partial charge in [0, 0.05) is 19.3 Å². The fourth-order valence-electron chi connectivity index (χ4n) is 3.37. The Labute approximate surface area is 157 Å². The summed E-state index contributed by atoms with van der Waals surface area (Å²) in [5.41, 5.74) is 1.80. The van der Waals surface area contributed by atoms with E-state index in [9.17, 15) is 9.18 Å². The van der Waals surface area contributed by atoms with Gasteiger partial charge >= 0.3 is 0 Å². The van der Waals surface area contributed by atoms with E-state index in [1.807, 2.05) is 19.1 Å². The summed E-state index contributed by atoms with van der Waals surface area (Å²) in [6.07, 6.45) is 5.00. The molecule has 6 heteroatoms. The number of nitrogens with zero attached hydrogens (tertiary/aromatic N) is 4. The number of imidazole rings is 1. The van der Waals surface area contributed by atoms with E-state index in [4.69, 9.17) is 4.98 Å². The zero-order valence-corrected chi connectivity index (χ0v) is 15.4. The van der Waals surface area contributed by atoms with Crippen LogP contribution in [0, 0.1) is 11.7 Å². The van der Waals surface area contributed by atoms with E-state index in [2.05, 4.69) is 9.55 Å². The molecule has 0 atom stereocenters. The van der Waals surface area contributed by atoms with Gasteiger partial charge in [0.25, 0.3) is 5.91 Å². The quantitative estimate of drug-likeness (QED) is 0.634. The van der Waals surface area contributed by atoms with Crippen molar-refractivity contribution in [3.05, 3.63) is 59.8 Å². The highest BCUT2D eigenvalue weighted by molar-refractivity contribution is 5.94. The SMILES string of the molecule is CCCN(Cc1nc2cccnc2n1CC1CC1)C(=O)c1ccccc1F. The molecule has 0 aliphatic heterocycles. The fraction of sp³-hybridized carbons (Fsp3) is 0.381. The smallest absolute Gasteiger partial charge is 0.257 e. The Morgan fingerprint density at radius 2 is 2.07 bits per heavy atom. The summed E-state index contributed by atoms with van der Waals surface area (Å²) in [5, 5.41) is 0. The third kappa shape index (κ3) is 3.70. The van der Waals surface area contributed by atoms with Crippen LogP contribution < -0.4 is 0 Å². The molecule has 1 aliphatic carbocycles. The number of amides is 1. The standard InChI is InChI=1S/C21H23FN4O/c1-2-12-25(21(27)16-6-3-4-7-17(16)22)14-19-24-18-8-5-11-23-20(18)26(19)13-15-9-10-15/h3-8,11,15H,2,9-10,12-14H2,1H3. The number of benzene rings is 1. The highest BCUT2D eigenvalue weighted by Gasteiger charge is 2.26. The van der Waals surface area contributed by atoms with Crippen molar-refractivity contribution in [1.82, 2.24) is 19.4 Å². The topological polar surface area (TPSA) is 51.0 Å². The number of rotatable bonds is 7. The summed E-state index contributed by atoms with van der Waals surface area (Å²) < 4.78 is 16.3. The Bertz CT molecular complexity index is 964. The summed E-state index contributed by atoms with van der Waals surface area (Å²) >= 11 is 0. The lowest BCUT2D eigenvalue weighted by Gasteiger charge is -2.22. The van der Waals surface area contributed by atoms with Gasteiger partial charge in [-0.1, -0.05) is 19.1 Å². The minimum Gasteiger partial charge on any atom is -0.331 e. The van der Waals surface area contributed by atoms with E-state index in [0.29, 0.717) is 19.0 Å². The van der Waals surface area contributed by atoms with Gasteiger partial charge in [-0.05, 0) is 49.4 Å². The second-order valence-corrected chi connectivity index (χ2v) is 7.13. The fourth-order valence-corrected chi connectivity index (χ4v) is 3.37. The average Bonchev–Trinajstić information content (AvgIpc) is 3.43. The first-order chi connectivity index (χ1) is 13.2. The minimum absolute atomic E-state index is 0.105. The van der Waals surface area contributed by atoms with Gasteiger partial charge in [-0.15, -0.1) is 0 Å². The molecule has 0 spiro atoms. The molecule has 140 valence electrons. The molecule has 1 amide bonds. The van der Waals surface area contributed by atoms with Crippen molar-refractivity contribution in [2.24, 2.45) is 5.92 Å². The predicted octanol–water partition coefficient (Wildman–Crippen LogP) is 4.03. The summed E-state index contributed by atoms with van der Waals surface area (Å²) in [6, 6.07) is 9.95. The van der Waals surface area contributed by atoms with E-state index >= 15 is 0 Å². The monoisotopic (exact) mass is 366 g/mol. The first kappa shape index (κ1) is 17.6. The Hall–Kier alpha value is -2.76. The number of hydrogen-bond acceptors (Lipinski definition) is 3. The van der Waals surface area contributed by atoms with Crippen LogP contribution in [-0.4, -0.2) is 31.9 Å². The van der Waals surface area contributed by atoms with Gasteiger partial charge in [0.2, 0.25) is 0 Å². The second kappa shape index (κ2) is 7.47. The molecule has 1 aromatic carbocycles. The molecule has 5 nitrogen and oxygen atoms in total. The van der Waals surface area contributed by atoms with Crippen LogP contribution in [-0.2, 0) is 13.1 Å². The van der Waals surface area contributed by atoms with Crippen LogP contribution >= 0.6 is 0 Å². The largest absolute Gasteiger partial charge is 0.331 e. The molecular weight excluding hydrogens is 343 g/mol. The molecule has 1 aliphatic rings. The van der Waals surface area contributed by atoms with Gasteiger partial charge in [0.15, 0.2) is 5.65 Å². The first-order valence-electron chi connectivity index (χ1n) is 9.51. The zero-order valence-electron chi connectivity index (χ0n) is 15.4. The number of pyridine rings is 1. The van der Waals surface area contributed by atoms with Crippen LogP contribution in [0.25, 0.3) is 11.2 Å². The Morgan fingerprint density at radius 3 is 2.81 bits per heavy atom. The Kier molecular flexibility index (Phi) is 4.88. The maximum absolute atomic E-state index is 14.1. The van der Waals surface area contributed by atoms with Gasteiger partial charge < -0.3 is 9.47 Å². The molecule has 0 bridgehead atoms. The lowest BCUT2D eigenvalue weighted by atomic mass is 10.2. The summed E-state index contributed by atoms with van der Waals surface area (Å²) in [4.78, 5) is 23.9. The number of fused-ring (bicyclic) bond motifs is 1. The number of carbonyl (C=O) groups excluding carboxylic acids is 1. The molecule has 0 radical (unpaired) electrons. The normalized spacial score (nSPS) is 13.9. The summed E-state index contributed by atoms with van der Waals surface area (Å²) in [7, 11) is 0.